The normalized spacial score (nSPS) is 14.3. The van der Waals surface area contributed by atoms with Gasteiger partial charge in [0.25, 0.3) is 10.1 Å². The first-order valence-electron chi connectivity index (χ1n) is 15.3. The van der Waals surface area contributed by atoms with Crippen molar-refractivity contribution in [2.45, 2.75) is 142 Å². The predicted octanol–water partition coefficient (Wildman–Crippen LogP) is 8.01. The Morgan fingerprint density at radius 2 is 1.23 bits per heavy atom. The van der Waals surface area contributed by atoms with Crippen LogP contribution in [-0.4, -0.2) is 41.9 Å². The summed E-state index contributed by atoms with van der Waals surface area (Å²) in [6.45, 7) is 4.38. The van der Waals surface area contributed by atoms with Gasteiger partial charge in [-0.15, -0.1) is 0 Å². The molecule has 0 saturated carbocycles. The number of hydrogen-bond acceptors (Lipinski definition) is 4. The maximum absolute atomic E-state index is 12.4. The van der Waals surface area contributed by atoms with E-state index >= 15 is 0 Å². The van der Waals surface area contributed by atoms with Gasteiger partial charge in [-0.25, -0.2) is 0 Å². The second-order valence-corrected chi connectivity index (χ2v) is 11.9. The Hall–Kier alpha value is -1.70. The number of rotatable bonds is 26. The van der Waals surface area contributed by atoms with E-state index in [9.17, 15) is 22.9 Å². The number of aliphatic hydroxyl groups excluding tert-OH is 1. The Balaban J connectivity index is 4.19. The van der Waals surface area contributed by atoms with Crippen LogP contribution in [0.5, 0.6) is 0 Å². The van der Waals surface area contributed by atoms with Crippen molar-refractivity contribution in [2.24, 2.45) is 0 Å². The molecular weight excluding hydrogens is 510 g/mol. The summed E-state index contributed by atoms with van der Waals surface area (Å²) < 4.78 is 32.1. The Kier molecular flexibility index (Phi) is 25.4. The minimum absolute atomic E-state index is 0.269. The first-order valence-corrected chi connectivity index (χ1v) is 16.9. The van der Waals surface area contributed by atoms with Crippen molar-refractivity contribution in [3.8, 4) is 0 Å². The van der Waals surface area contributed by atoms with E-state index in [0.29, 0.717) is 12.8 Å². The third-order valence-electron chi connectivity index (χ3n) is 6.46. The highest BCUT2D eigenvalue weighted by molar-refractivity contribution is 7.85. The maximum Gasteiger partial charge on any atom is 0.267 e. The van der Waals surface area contributed by atoms with E-state index in [-0.39, 0.29) is 12.3 Å². The lowest BCUT2D eigenvalue weighted by Crippen LogP contribution is -2.46. The highest BCUT2D eigenvalue weighted by Crippen LogP contribution is 2.10. The van der Waals surface area contributed by atoms with E-state index in [2.05, 4.69) is 55.6 Å². The molecule has 0 aliphatic carbocycles. The molecule has 2 unspecified atom stereocenters. The van der Waals surface area contributed by atoms with Crippen molar-refractivity contribution >= 4 is 16.0 Å². The van der Waals surface area contributed by atoms with Crippen molar-refractivity contribution < 1.29 is 22.9 Å². The Labute approximate surface area is 239 Å². The second kappa shape index (κ2) is 26.5. The van der Waals surface area contributed by atoms with Gasteiger partial charge in [-0.1, -0.05) is 114 Å². The molecular formula is C32H57NO5S. The number of amides is 1. The predicted molar refractivity (Wildman–Crippen MR) is 165 cm³/mol. The molecule has 39 heavy (non-hydrogen) atoms. The molecule has 0 spiro atoms. The molecule has 1 amide bonds. The molecule has 0 radical (unpaired) electrons. The number of allylic oxidation sites excluding steroid dienone is 7. The lowest BCUT2D eigenvalue weighted by Gasteiger charge is -2.21. The molecule has 0 aromatic carbocycles. The molecule has 0 heterocycles. The first-order chi connectivity index (χ1) is 18.8. The van der Waals surface area contributed by atoms with E-state index in [1.54, 1.807) is 6.08 Å². The van der Waals surface area contributed by atoms with Crippen molar-refractivity contribution in [1.82, 2.24) is 5.32 Å². The number of aliphatic hydroxyl groups is 1. The van der Waals surface area contributed by atoms with E-state index in [1.807, 2.05) is 0 Å². The third kappa shape index (κ3) is 27.7. The van der Waals surface area contributed by atoms with E-state index in [0.717, 1.165) is 57.8 Å². The van der Waals surface area contributed by atoms with Crippen LogP contribution in [0.25, 0.3) is 0 Å². The standard InChI is InChI=1S/C32H57NO5S/c1-3-5-7-9-11-13-15-16-18-20-22-24-26-28-32(35)33-30(29-39(36,37)38)31(34)27-25-23-21-19-17-14-12-10-8-6-4-2/h7,9,13,15,17,19,25,27,30-31,34H,3-6,8,10-12,14,16,18,20-24,26,28-29H2,1-2H3,(H,33,35)(H,36,37,38)/b9-7-,15-13-,19-17+,27-25+. The molecule has 0 saturated heterocycles. The molecule has 3 N–H and O–H groups in total. The molecule has 0 bridgehead atoms. The quantitative estimate of drug-likeness (QED) is 0.0558. The van der Waals surface area contributed by atoms with Crippen LogP contribution in [0, 0.1) is 0 Å². The number of hydrogen-bond donors (Lipinski definition) is 3. The van der Waals surface area contributed by atoms with Gasteiger partial charge in [0.15, 0.2) is 0 Å². The number of nitrogens with one attached hydrogen (secondary N) is 1. The monoisotopic (exact) mass is 567 g/mol. The molecule has 226 valence electrons. The minimum atomic E-state index is -4.35. The topological polar surface area (TPSA) is 104 Å². The Morgan fingerprint density at radius 3 is 1.87 bits per heavy atom. The van der Waals surface area contributed by atoms with Gasteiger partial charge in [-0.05, 0) is 57.8 Å². The van der Waals surface area contributed by atoms with Crippen LogP contribution < -0.4 is 5.32 Å². The van der Waals surface area contributed by atoms with Crippen LogP contribution in [0.15, 0.2) is 48.6 Å². The SMILES string of the molecule is CCC/C=C\C/C=C\CCCCCCCC(=O)NC(CS(=O)(=O)O)C(O)/C=C/CC/C=C/CCCCCCC. The van der Waals surface area contributed by atoms with Crippen LogP contribution >= 0.6 is 0 Å². The number of unbranched alkanes of at least 4 members (excludes halogenated alkanes) is 12. The molecule has 0 rings (SSSR count). The highest BCUT2D eigenvalue weighted by atomic mass is 32.2. The van der Waals surface area contributed by atoms with Crippen LogP contribution in [0.3, 0.4) is 0 Å². The first kappa shape index (κ1) is 37.3. The Morgan fingerprint density at radius 1 is 0.692 bits per heavy atom. The summed E-state index contributed by atoms with van der Waals surface area (Å²) >= 11 is 0. The van der Waals surface area contributed by atoms with E-state index < -0.39 is 28.0 Å². The fourth-order valence-corrected chi connectivity index (χ4v) is 4.88. The van der Waals surface area contributed by atoms with Gasteiger partial charge >= 0.3 is 0 Å². The van der Waals surface area contributed by atoms with Gasteiger partial charge in [0.2, 0.25) is 5.91 Å². The highest BCUT2D eigenvalue weighted by Gasteiger charge is 2.24. The van der Waals surface area contributed by atoms with Gasteiger partial charge in [-0.2, -0.15) is 8.42 Å². The lowest BCUT2D eigenvalue weighted by molar-refractivity contribution is -0.122. The van der Waals surface area contributed by atoms with Crippen LogP contribution in [0.2, 0.25) is 0 Å². The largest absolute Gasteiger partial charge is 0.387 e. The molecule has 0 aliphatic heterocycles. The van der Waals surface area contributed by atoms with Gasteiger partial charge in [-0.3, -0.25) is 9.35 Å². The molecule has 6 nitrogen and oxygen atoms in total. The minimum Gasteiger partial charge on any atom is -0.387 e. The van der Waals surface area contributed by atoms with Gasteiger partial charge in [0.1, 0.15) is 0 Å². The zero-order valence-corrected chi connectivity index (χ0v) is 25.6. The fraction of sp³-hybridized carbons (Fsp3) is 0.719. The van der Waals surface area contributed by atoms with E-state index in [1.165, 1.54) is 44.6 Å². The summed E-state index contributed by atoms with van der Waals surface area (Å²) in [4.78, 5) is 12.4. The molecule has 0 fully saturated rings. The van der Waals surface area contributed by atoms with Crippen molar-refractivity contribution in [1.29, 1.82) is 0 Å². The summed E-state index contributed by atoms with van der Waals surface area (Å²) in [5, 5.41) is 13.0. The maximum atomic E-state index is 12.4. The van der Waals surface area contributed by atoms with Crippen molar-refractivity contribution in [3.05, 3.63) is 48.6 Å². The molecule has 2 atom stereocenters. The second-order valence-electron chi connectivity index (χ2n) is 10.4. The summed E-state index contributed by atoms with van der Waals surface area (Å²) in [6.07, 6.45) is 33.8. The summed E-state index contributed by atoms with van der Waals surface area (Å²) in [5.41, 5.74) is 0. The summed E-state index contributed by atoms with van der Waals surface area (Å²) in [6, 6.07) is -1.08. The summed E-state index contributed by atoms with van der Waals surface area (Å²) in [7, 11) is -4.35. The average molecular weight is 568 g/mol. The zero-order valence-electron chi connectivity index (χ0n) is 24.7. The van der Waals surface area contributed by atoms with Crippen molar-refractivity contribution in [3.63, 3.8) is 0 Å². The lowest BCUT2D eigenvalue weighted by atomic mass is 10.1. The zero-order chi connectivity index (χ0) is 29.0. The molecule has 0 aromatic rings. The van der Waals surface area contributed by atoms with Crippen LogP contribution in [0.1, 0.15) is 129 Å². The number of carbonyl (C=O) groups excluding carboxylic acids is 1. The molecule has 0 aromatic heterocycles. The molecule has 0 aliphatic rings. The van der Waals surface area contributed by atoms with Crippen molar-refractivity contribution in [2.75, 3.05) is 5.75 Å². The molecule has 7 heteroatoms. The average Bonchev–Trinajstić information content (AvgIpc) is 2.88. The number of carbonyl (C=O) groups is 1. The smallest absolute Gasteiger partial charge is 0.267 e. The Bertz CT molecular complexity index is 801. The third-order valence-corrected chi connectivity index (χ3v) is 7.24. The summed E-state index contributed by atoms with van der Waals surface area (Å²) in [5.74, 6) is -1.03. The van der Waals surface area contributed by atoms with Gasteiger partial charge in [0, 0.05) is 6.42 Å². The van der Waals surface area contributed by atoms with Gasteiger partial charge in [0.05, 0.1) is 17.9 Å². The van der Waals surface area contributed by atoms with Crippen LogP contribution in [0.4, 0.5) is 0 Å². The van der Waals surface area contributed by atoms with Gasteiger partial charge < -0.3 is 10.4 Å². The fourth-order valence-electron chi connectivity index (χ4n) is 4.15. The van der Waals surface area contributed by atoms with Crippen LogP contribution in [-0.2, 0) is 14.9 Å². The van der Waals surface area contributed by atoms with E-state index in [4.69, 9.17) is 0 Å².